The highest BCUT2D eigenvalue weighted by atomic mass is 19.1. The molecule has 1 saturated carbocycles. The summed E-state index contributed by atoms with van der Waals surface area (Å²) < 4.78 is 17.2. The lowest BCUT2D eigenvalue weighted by Gasteiger charge is -2.26. The van der Waals surface area contributed by atoms with Gasteiger partial charge >= 0.3 is 5.97 Å². The number of benzene rings is 1. The molecule has 0 spiro atoms. The van der Waals surface area contributed by atoms with Gasteiger partial charge in [-0.15, -0.1) is 0 Å². The number of nitrogen functional groups attached to an aromatic ring is 1. The number of aromatic nitrogens is 1. The smallest absolute Gasteiger partial charge is 0.341 e. The van der Waals surface area contributed by atoms with E-state index in [-0.39, 0.29) is 22.7 Å². The average molecular weight is 388 g/mol. The van der Waals surface area contributed by atoms with Crippen molar-refractivity contribution >= 4 is 28.2 Å². The summed E-state index contributed by atoms with van der Waals surface area (Å²) >= 11 is 0. The van der Waals surface area contributed by atoms with Crippen LogP contribution in [0.2, 0.25) is 0 Å². The van der Waals surface area contributed by atoms with Crippen molar-refractivity contribution in [2.24, 2.45) is 0 Å². The van der Waals surface area contributed by atoms with E-state index in [1.54, 1.807) is 6.92 Å². The third-order valence-corrected chi connectivity index (χ3v) is 6.04. The van der Waals surface area contributed by atoms with Crippen LogP contribution >= 0.6 is 0 Å². The van der Waals surface area contributed by atoms with E-state index in [1.165, 1.54) is 6.20 Å². The van der Waals surface area contributed by atoms with Gasteiger partial charge in [-0.1, -0.05) is 0 Å². The topological polar surface area (TPSA) is 91.8 Å². The van der Waals surface area contributed by atoms with Crippen LogP contribution in [0.3, 0.4) is 0 Å². The van der Waals surface area contributed by atoms with Gasteiger partial charge in [-0.25, -0.2) is 9.18 Å². The molecule has 7 nitrogen and oxygen atoms in total. The fourth-order valence-electron chi connectivity index (χ4n) is 4.31. The normalized spacial score (nSPS) is 19.8. The zero-order valence-corrected chi connectivity index (χ0v) is 16.3. The van der Waals surface area contributed by atoms with Crippen molar-refractivity contribution < 1.29 is 14.3 Å². The molecule has 3 N–H and O–H groups in total. The van der Waals surface area contributed by atoms with Gasteiger partial charge < -0.3 is 25.2 Å². The lowest BCUT2D eigenvalue weighted by atomic mass is 10.0. The molecule has 1 aliphatic heterocycles. The molecule has 2 aliphatic rings. The van der Waals surface area contributed by atoms with Crippen LogP contribution in [-0.2, 0) is 0 Å². The Bertz CT molecular complexity index is 1040. The summed E-state index contributed by atoms with van der Waals surface area (Å²) in [6, 6.07) is 0.432. The Hall–Kier alpha value is -2.61. The zero-order chi connectivity index (χ0) is 20.3. The van der Waals surface area contributed by atoms with E-state index >= 15 is 4.39 Å². The Labute approximate surface area is 162 Å². The second-order valence-electron chi connectivity index (χ2n) is 8.09. The van der Waals surface area contributed by atoms with Gasteiger partial charge in [-0.05, 0) is 45.8 Å². The van der Waals surface area contributed by atoms with Crippen molar-refractivity contribution in [3.8, 4) is 0 Å². The zero-order valence-electron chi connectivity index (χ0n) is 16.3. The van der Waals surface area contributed by atoms with E-state index in [1.807, 2.05) is 23.6 Å². The SMILES string of the molecule is Cc1c(N2CC[C@H](N(C)C)C2)c(F)c(N)c2c(=O)c(C(=O)O)cn(C3CC3)c12. The third kappa shape index (κ3) is 2.74. The van der Waals surface area contributed by atoms with Crippen molar-refractivity contribution in [3.63, 3.8) is 0 Å². The number of carbonyl (C=O) groups is 1. The molecule has 1 atom stereocenters. The lowest BCUT2D eigenvalue weighted by Crippen LogP contribution is -2.32. The Balaban J connectivity index is 2.00. The molecule has 28 heavy (non-hydrogen) atoms. The van der Waals surface area contributed by atoms with Crippen LogP contribution in [0.4, 0.5) is 15.8 Å². The number of halogens is 1. The number of hydrogen-bond acceptors (Lipinski definition) is 5. The molecule has 1 aliphatic carbocycles. The maximum Gasteiger partial charge on any atom is 0.341 e. The standard InChI is InChI=1S/C20H25FN4O3/c1-10-17-14(19(26)13(20(27)28)9-25(17)11-4-5-11)16(22)15(21)18(10)24-7-6-12(8-24)23(2)3/h9,11-12H,4-8,22H2,1-3H3,(H,27,28)/t12-/m0/s1. The molecular formula is C20H25FN4O3. The van der Waals surface area contributed by atoms with Crippen molar-refractivity contribution in [1.82, 2.24) is 9.47 Å². The van der Waals surface area contributed by atoms with Gasteiger partial charge in [0.05, 0.1) is 22.3 Å². The number of hydrogen-bond donors (Lipinski definition) is 2. The molecular weight excluding hydrogens is 363 g/mol. The molecule has 1 saturated heterocycles. The summed E-state index contributed by atoms with van der Waals surface area (Å²) in [5, 5.41) is 9.41. The summed E-state index contributed by atoms with van der Waals surface area (Å²) in [6.07, 6.45) is 4.10. The van der Waals surface area contributed by atoms with Crippen molar-refractivity contribution in [2.75, 3.05) is 37.8 Å². The molecule has 0 amide bonds. The summed E-state index contributed by atoms with van der Waals surface area (Å²) in [5.74, 6) is -1.96. The number of pyridine rings is 1. The second kappa shape index (κ2) is 6.48. The van der Waals surface area contributed by atoms with Gasteiger partial charge in [-0.3, -0.25) is 4.79 Å². The van der Waals surface area contributed by atoms with E-state index in [0.717, 1.165) is 19.3 Å². The van der Waals surface area contributed by atoms with E-state index < -0.39 is 17.2 Å². The number of carboxylic acids is 1. The highest BCUT2D eigenvalue weighted by molar-refractivity contribution is 6.01. The molecule has 2 heterocycles. The molecule has 150 valence electrons. The largest absolute Gasteiger partial charge is 0.477 e. The van der Waals surface area contributed by atoms with Gasteiger partial charge in [0.25, 0.3) is 0 Å². The number of fused-ring (bicyclic) bond motifs is 1. The second-order valence-corrected chi connectivity index (χ2v) is 8.09. The minimum absolute atomic E-state index is 0.0195. The number of nitrogens with two attached hydrogens (primary N) is 1. The lowest BCUT2D eigenvalue weighted by molar-refractivity contribution is 0.0695. The molecule has 0 radical (unpaired) electrons. The summed E-state index contributed by atoms with van der Waals surface area (Å²) in [4.78, 5) is 28.5. The van der Waals surface area contributed by atoms with Gasteiger partial charge in [0.2, 0.25) is 5.43 Å². The Morgan fingerprint density at radius 3 is 2.54 bits per heavy atom. The van der Waals surface area contributed by atoms with Crippen LogP contribution < -0.4 is 16.1 Å². The summed E-state index contributed by atoms with van der Waals surface area (Å²) in [7, 11) is 4.01. The fourth-order valence-corrected chi connectivity index (χ4v) is 4.31. The third-order valence-electron chi connectivity index (χ3n) is 6.04. The van der Waals surface area contributed by atoms with Gasteiger partial charge in [0, 0.05) is 31.4 Å². The van der Waals surface area contributed by atoms with Gasteiger partial charge in [-0.2, -0.15) is 0 Å². The maximum absolute atomic E-state index is 15.4. The number of carboxylic acid groups (broad SMARTS) is 1. The molecule has 0 unspecified atom stereocenters. The molecule has 1 aromatic carbocycles. The van der Waals surface area contributed by atoms with E-state index in [2.05, 4.69) is 4.90 Å². The number of aryl methyl sites for hydroxylation is 1. The molecule has 1 aromatic heterocycles. The molecule has 8 heteroatoms. The van der Waals surface area contributed by atoms with Crippen LogP contribution in [-0.4, -0.2) is 53.8 Å². The van der Waals surface area contributed by atoms with Crippen LogP contribution in [0.5, 0.6) is 0 Å². The quantitative estimate of drug-likeness (QED) is 0.781. The minimum atomic E-state index is -1.32. The van der Waals surface area contributed by atoms with Crippen LogP contribution in [0.25, 0.3) is 10.9 Å². The number of anilines is 2. The van der Waals surface area contributed by atoms with Gasteiger partial charge in [0.1, 0.15) is 5.56 Å². The van der Waals surface area contributed by atoms with E-state index in [4.69, 9.17) is 5.73 Å². The van der Waals surface area contributed by atoms with Crippen molar-refractivity contribution in [2.45, 2.75) is 38.3 Å². The first-order chi connectivity index (χ1) is 13.2. The summed E-state index contributed by atoms with van der Waals surface area (Å²) in [6.45, 7) is 3.17. The number of likely N-dealkylation sites (N-methyl/N-ethyl adjacent to an activating group) is 1. The predicted molar refractivity (Wildman–Crippen MR) is 107 cm³/mol. The van der Waals surface area contributed by atoms with Crippen molar-refractivity contribution in [3.05, 3.63) is 33.4 Å². The first-order valence-corrected chi connectivity index (χ1v) is 9.53. The van der Waals surface area contributed by atoms with E-state index in [0.29, 0.717) is 35.9 Å². The Morgan fingerprint density at radius 2 is 2.00 bits per heavy atom. The minimum Gasteiger partial charge on any atom is -0.477 e. The molecule has 0 bridgehead atoms. The molecule has 4 rings (SSSR count). The number of nitrogens with zero attached hydrogens (tertiary/aromatic N) is 3. The fraction of sp³-hybridized carbons (Fsp3) is 0.500. The van der Waals surface area contributed by atoms with Crippen LogP contribution in [0.1, 0.15) is 41.2 Å². The molecule has 2 fully saturated rings. The predicted octanol–water partition coefficient (Wildman–Crippen LogP) is 2.20. The number of aromatic carboxylic acids is 1. The van der Waals surface area contributed by atoms with Crippen molar-refractivity contribution in [1.29, 1.82) is 0 Å². The summed E-state index contributed by atoms with van der Waals surface area (Å²) in [5.41, 5.74) is 6.36. The number of rotatable bonds is 4. The maximum atomic E-state index is 15.4. The first kappa shape index (κ1) is 18.7. The van der Waals surface area contributed by atoms with Crippen LogP contribution in [0.15, 0.2) is 11.0 Å². The highest BCUT2D eigenvalue weighted by Gasteiger charge is 2.33. The average Bonchev–Trinajstić information content (AvgIpc) is 3.36. The highest BCUT2D eigenvalue weighted by Crippen LogP contribution is 2.42. The molecule has 2 aromatic rings. The van der Waals surface area contributed by atoms with E-state index in [9.17, 15) is 14.7 Å². The van der Waals surface area contributed by atoms with Gasteiger partial charge in [0.15, 0.2) is 5.82 Å². The Morgan fingerprint density at radius 1 is 1.32 bits per heavy atom. The van der Waals surface area contributed by atoms with Crippen LogP contribution in [0, 0.1) is 12.7 Å². The monoisotopic (exact) mass is 388 g/mol. The first-order valence-electron chi connectivity index (χ1n) is 9.53. The Kier molecular flexibility index (Phi) is 4.33.